The molecule has 3 aliphatic rings. The molecule has 0 aliphatic carbocycles. The highest BCUT2D eigenvalue weighted by Gasteiger charge is 2.34. The highest BCUT2D eigenvalue weighted by atomic mass is 35.5. The van der Waals surface area contributed by atoms with Crippen LogP contribution in [0.15, 0.2) is 67.0 Å². The Hall–Kier alpha value is -4.91. The molecule has 13 nitrogen and oxygen atoms in total. The topological polar surface area (TPSA) is 147 Å². The van der Waals surface area contributed by atoms with Gasteiger partial charge >= 0.3 is 10.2 Å². The normalized spacial score (nSPS) is 17.9. The largest absolute Gasteiger partial charge is 0.488 e. The predicted octanol–water partition coefficient (Wildman–Crippen LogP) is 5.47. The molecule has 1 amide bonds. The molecule has 56 heavy (non-hydrogen) atoms. The predicted molar refractivity (Wildman–Crippen MR) is 211 cm³/mol. The van der Waals surface area contributed by atoms with E-state index in [4.69, 9.17) is 30.5 Å². The molecule has 7 rings (SSSR count). The number of hydrogen-bond acceptors (Lipinski definition) is 11. The highest BCUT2D eigenvalue weighted by molar-refractivity contribution is 7.87. The highest BCUT2D eigenvalue weighted by Crippen LogP contribution is 2.38. The van der Waals surface area contributed by atoms with Crippen LogP contribution in [0.4, 0.5) is 0 Å². The zero-order valence-electron chi connectivity index (χ0n) is 31.5. The van der Waals surface area contributed by atoms with Gasteiger partial charge in [-0.3, -0.25) is 14.7 Å². The Labute approximate surface area is 332 Å². The number of benzene rings is 3. The number of aromatic nitrogens is 1. The Morgan fingerprint density at radius 2 is 1.73 bits per heavy atom. The van der Waals surface area contributed by atoms with E-state index in [0.717, 1.165) is 46.6 Å². The van der Waals surface area contributed by atoms with Gasteiger partial charge in [-0.05, 0) is 79.9 Å². The second-order valence-corrected chi connectivity index (χ2v) is 16.3. The number of halogens is 1. The lowest BCUT2D eigenvalue weighted by atomic mass is 9.96. The molecule has 0 radical (unpaired) electrons. The third-order valence-corrected chi connectivity index (χ3v) is 12.2. The number of nitrogens with one attached hydrogen (secondary N) is 1. The number of likely N-dealkylation sites (N-methyl/N-ethyl adjacent to an activating group) is 1. The van der Waals surface area contributed by atoms with Crippen molar-refractivity contribution in [3.63, 3.8) is 0 Å². The number of piperidine rings is 1. The minimum atomic E-state index is -3.99. The van der Waals surface area contributed by atoms with Crippen LogP contribution in [-0.2, 0) is 34.8 Å². The Balaban J connectivity index is 1.12. The van der Waals surface area contributed by atoms with E-state index in [2.05, 4.69) is 33.7 Å². The molecule has 1 atom stereocenters. The number of nitriles is 1. The van der Waals surface area contributed by atoms with Gasteiger partial charge in [0.05, 0.1) is 16.6 Å². The fourth-order valence-corrected chi connectivity index (χ4v) is 8.64. The monoisotopic (exact) mass is 800 g/mol. The molecule has 2 saturated heterocycles. The van der Waals surface area contributed by atoms with Gasteiger partial charge in [0.2, 0.25) is 0 Å². The number of hydrogen-bond donors (Lipinski definition) is 1. The van der Waals surface area contributed by atoms with Gasteiger partial charge in [-0.2, -0.15) is 18.0 Å². The standard InChI is InChI=1S/C41H45ClN6O7S/c1-28-32(6-5-7-34(28)31-9-10-37-40(20-31)53-17-16-52-37)27-55-39-21-38(54-26-30-18-29(22-43)23-44-24-30)33(19-35(39)42)25-47-11-4-3-8-36(47)41(49)45-56(50,51)48-14-12-46(2)13-15-48/h5-7,9-10,18-21,23-24,36H,3-4,8,11-17,25-27H2,1-2H3,(H,45,49). The second kappa shape index (κ2) is 17.5. The van der Waals surface area contributed by atoms with Crippen LogP contribution >= 0.6 is 11.6 Å². The van der Waals surface area contributed by atoms with Crippen LogP contribution in [0.5, 0.6) is 23.0 Å². The summed E-state index contributed by atoms with van der Waals surface area (Å²) in [7, 11) is -2.05. The summed E-state index contributed by atoms with van der Waals surface area (Å²) in [6.45, 7) is 6.10. The van der Waals surface area contributed by atoms with Gasteiger partial charge < -0.3 is 23.8 Å². The van der Waals surface area contributed by atoms with Crippen molar-refractivity contribution in [2.75, 3.05) is 53.0 Å². The van der Waals surface area contributed by atoms with Crippen LogP contribution in [0.1, 0.15) is 47.1 Å². The number of likely N-dealkylation sites (tertiary alicyclic amines) is 1. The van der Waals surface area contributed by atoms with Crippen molar-refractivity contribution in [2.24, 2.45) is 0 Å². The Morgan fingerprint density at radius 3 is 2.54 bits per heavy atom. The molecule has 15 heteroatoms. The number of ether oxygens (including phenoxy) is 4. The van der Waals surface area contributed by atoms with E-state index in [1.807, 2.05) is 42.3 Å². The number of carbonyl (C=O) groups is 1. The van der Waals surface area contributed by atoms with Gasteiger partial charge in [0.15, 0.2) is 11.5 Å². The average Bonchev–Trinajstić information content (AvgIpc) is 3.20. The van der Waals surface area contributed by atoms with Gasteiger partial charge in [0.25, 0.3) is 5.91 Å². The van der Waals surface area contributed by atoms with E-state index in [9.17, 15) is 18.5 Å². The summed E-state index contributed by atoms with van der Waals surface area (Å²) >= 11 is 6.92. The van der Waals surface area contributed by atoms with Gasteiger partial charge in [-0.1, -0.05) is 42.3 Å². The summed E-state index contributed by atoms with van der Waals surface area (Å²) in [5, 5.41) is 9.77. The fourth-order valence-electron chi connectivity index (χ4n) is 7.24. The fraction of sp³-hybridized carbons (Fsp3) is 0.390. The minimum absolute atomic E-state index is 0.112. The van der Waals surface area contributed by atoms with Crippen LogP contribution in [-0.4, -0.2) is 92.4 Å². The number of carbonyl (C=O) groups excluding carboxylic acids is 1. The number of rotatable bonds is 12. The van der Waals surface area contributed by atoms with Crippen molar-refractivity contribution in [2.45, 2.75) is 52.0 Å². The van der Waals surface area contributed by atoms with Gasteiger partial charge in [0.1, 0.15) is 44.0 Å². The summed E-state index contributed by atoms with van der Waals surface area (Å²) in [6, 6.07) is 18.7. The van der Waals surface area contributed by atoms with Crippen molar-refractivity contribution in [3.8, 4) is 40.2 Å². The maximum Gasteiger partial charge on any atom is 0.303 e. The third-order valence-electron chi connectivity index (χ3n) is 10.4. The zero-order chi connectivity index (χ0) is 39.2. The first kappa shape index (κ1) is 39.3. The van der Waals surface area contributed by atoms with Crippen LogP contribution in [0.3, 0.4) is 0 Å². The third kappa shape index (κ3) is 9.20. The summed E-state index contributed by atoms with van der Waals surface area (Å²) < 4.78 is 54.4. The molecule has 294 valence electrons. The molecule has 3 aliphatic heterocycles. The summed E-state index contributed by atoms with van der Waals surface area (Å²) in [4.78, 5) is 21.8. The molecular formula is C41H45ClN6O7S. The van der Waals surface area contributed by atoms with E-state index >= 15 is 0 Å². The van der Waals surface area contributed by atoms with E-state index < -0.39 is 22.2 Å². The molecule has 1 N–H and O–H groups in total. The first-order valence-electron chi connectivity index (χ1n) is 18.7. The Kier molecular flexibility index (Phi) is 12.3. The molecule has 3 aromatic carbocycles. The van der Waals surface area contributed by atoms with Crippen molar-refractivity contribution in [1.29, 1.82) is 5.26 Å². The Morgan fingerprint density at radius 1 is 0.946 bits per heavy atom. The molecule has 2 fully saturated rings. The minimum Gasteiger partial charge on any atom is -0.488 e. The van der Waals surface area contributed by atoms with Crippen molar-refractivity contribution in [3.05, 3.63) is 99.8 Å². The number of amides is 1. The molecule has 0 bridgehead atoms. The van der Waals surface area contributed by atoms with Crippen molar-refractivity contribution < 1.29 is 32.2 Å². The smallest absolute Gasteiger partial charge is 0.303 e. The number of fused-ring (bicyclic) bond motifs is 1. The summed E-state index contributed by atoms with van der Waals surface area (Å²) in [5.74, 6) is 1.78. The summed E-state index contributed by atoms with van der Waals surface area (Å²) in [5.41, 5.74) is 5.86. The second-order valence-electron chi connectivity index (χ2n) is 14.3. The van der Waals surface area contributed by atoms with Crippen molar-refractivity contribution in [1.82, 2.24) is 23.8 Å². The first-order valence-corrected chi connectivity index (χ1v) is 20.5. The van der Waals surface area contributed by atoms with Gasteiger partial charge in [-0.15, -0.1) is 0 Å². The lowest BCUT2D eigenvalue weighted by Gasteiger charge is -2.36. The quantitative estimate of drug-likeness (QED) is 0.195. The lowest BCUT2D eigenvalue weighted by Crippen LogP contribution is -2.56. The van der Waals surface area contributed by atoms with E-state index in [1.54, 1.807) is 24.4 Å². The van der Waals surface area contributed by atoms with E-state index in [0.29, 0.717) is 85.6 Å². The van der Waals surface area contributed by atoms with Crippen LogP contribution in [0.25, 0.3) is 11.1 Å². The average molecular weight is 801 g/mol. The number of pyridine rings is 1. The van der Waals surface area contributed by atoms with E-state index in [1.165, 1.54) is 10.5 Å². The maximum absolute atomic E-state index is 13.6. The molecular weight excluding hydrogens is 756 g/mol. The molecule has 4 heterocycles. The van der Waals surface area contributed by atoms with Gasteiger partial charge in [-0.25, -0.2) is 4.72 Å². The Bertz CT molecular complexity index is 2220. The summed E-state index contributed by atoms with van der Waals surface area (Å²) in [6.07, 6.45) is 5.26. The molecule has 0 spiro atoms. The first-order chi connectivity index (χ1) is 27.1. The van der Waals surface area contributed by atoms with Crippen LogP contribution in [0.2, 0.25) is 5.02 Å². The lowest BCUT2D eigenvalue weighted by molar-refractivity contribution is -0.126. The van der Waals surface area contributed by atoms with Crippen molar-refractivity contribution >= 4 is 27.7 Å². The molecule has 4 aromatic rings. The van der Waals surface area contributed by atoms with Crippen LogP contribution in [0, 0.1) is 18.3 Å². The SMILES string of the molecule is Cc1c(COc2cc(OCc3cncc(C#N)c3)c(CN3CCCCC3C(=O)NS(=O)(=O)N3CCN(C)CC3)cc2Cl)cccc1-c1ccc2c(c1)OCCO2. The zero-order valence-corrected chi connectivity index (χ0v) is 33.1. The van der Waals surface area contributed by atoms with E-state index in [-0.39, 0.29) is 19.8 Å². The number of piperazine rings is 1. The molecule has 0 saturated carbocycles. The van der Waals surface area contributed by atoms with Crippen LogP contribution < -0.4 is 23.7 Å². The molecule has 1 unspecified atom stereocenters. The molecule has 1 aromatic heterocycles. The maximum atomic E-state index is 13.6. The van der Waals surface area contributed by atoms with Gasteiger partial charge in [0, 0.05) is 62.3 Å². The number of nitrogens with zero attached hydrogens (tertiary/aromatic N) is 5.